The maximum atomic E-state index is 12.5. The monoisotopic (exact) mass is 301 g/mol. The van der Waals surface area contributed by atoms with Gasteiger partial charge in [-0.25, -0.2) is 8.42 Å². The molecule has 1 fully saturated rings. The Bertz CT molecular complexity index is 551. The van der Waals surface area contributed by atoms with Gasteiger partial charge >= 0.3 is 0 Å². The van der Waals surface area contributed by atoms with E-state index in [1.54, 1.807) is 6.07 Å². The predicted molar refractivity (Wildman–Crippen MR) is 78.8 cm³/mol. The highest BCUT2D eigenvalue weighted by Gasteiger charge is 2.29. The first-order valence-corrected chi connectivity index (χ1v) is 8.29. The van der Waals surface area contributed by atoms with Gasteiger partial charge < -0.3 is 5.32 Å². The van der Waals surface area contributed by atoms with Gasteiger partial charge in [-0.05, 0) is 61.9 Å². The van der Waals surface area contributed by atoms with Crippen molar-refractivity contribution in [2.24, 2.45) is 0 Å². The molecular formula is C14H20ClNO2S. The fourth-order valence-corrected chi connectivity index (χ4v) is 4.77. The number of nitrogens with one attached hydrogen (secondary N) is 1. The van der Waals surface area contributed by atoms with E-state index in [0.717, 1.165) is 38.6 Å². The van der Waals surface area contributed by atoms with E-state index < -0.39 is 9.84 Å². The van der Waals surface area contributed by atoms with E-state index in [4.69, 9.17) is 0 Å². The lowest BCUT2D eigenvalue weighted by Crippen LogP contribution is -2.38. The number of halogens is 1. The first-order valence-electron chi connectivity index (χ1n) is 6.74. The molecule has 1 aliphatic heterocycles. The molecule has 1 aromatic rings. The summed E-state index contributed by atoms with van der Waals surface area (Å²) >= 11 is 0. The van der Waals surface area contributed by atoms with Gasteiger partial charge in [-0.3, -0.25) is 0 Å². The van der Waals surface area contributed by atoms with E-state index in [2.05, 4.69) is 5.32 Å². The van der Waals surface area contributed by atoms with Gasteiger partial charge in [0.05, 0.1) is 10.1 Å². The molecule has 1 saturated heterocycles. The molecule has 19 heavy (non-hydrogen) atoms. The van der Waals surface area contributed by atoms with Crippen LogP contribution >= 0.6 is 12.4 Å². The summed E-state index contributed by atoms with van der Waals surface area (Å²) in [6.45, 7) is 1.54. The number of fused-ring (bicyclic) bond motifs is 1. The molecule has 1 atom stereocenters. The van der Waals surface area contributed by atoms with Crippen molar-refractivity contribution in [3.63, 3.8) is 0 Å². The van der Waals surface area contributed by atoms with E-state index in [1.807, 2.05) is 12.1 Å². The Morgan fingerprint density at radius 1 is 1.11 bits per heavy atom. The molecule has 1 unspecified atom stereocenters. The minimum absolute atomic E-state index is 0. The van der Waals surface area contributed by atoms with Crippen molar-refractivity contribution in [2.75, 3.05) is 13.1 Å². The van der Waals surface area contributed by atoms with Gasteiger partial charge in [-0.1, -0.05) is 6.07 Å². The van der Waals surface area contributed by atoms with E-state index >= 15 is 0 Å². The van der Waals surface area contributed by atoms with Crippen molar-refractivity contribution < 1.29 is 8.42 Å². The molecule has 3 nitrogen and oxygen atoms in total. The summed E-state index contributed by atoms with van der Waals surface area (Å²) in [7, 11) is -3.15. The molecule has 0 spiro atoms. The first kappa shape index (κ1) is 14.8. The molecule has 0 aromatic heterocycles. The number of hydrogen-bond acceptors (Lipinski definition) is 3. The summed E-state index contributed by atoms with van der Waals surface area (Å²) < 4.78 is 25.1. The molecule has 1 aromatic carbocycles. The maximum Gasteiger partial charge on any atom is 0.182 e. The van der Waals surface area contributed by atoms with Crippen LogP contribution in [0.3, 0.4) is 0 Å². The Morgan fingerprint density at radius 3 is 2.63 bits per heavy atom. The van der Waals surface area contributed by atoms with Crippen LogP contribution in [0.5, 0.6) is 0 Å². The van der Waals surface area contributed by atoms with Crippen LogP contribution < -0.4 is 5.32 Å². The van der Waals surface area contributed by atoms with Crippen LogP contribution in [0.1, 0.15) is 30.4 Å². The average Bonchev–Trinajstić information content (AvgIpc) is 2.87. The van der Waals surface area contributed by atoms with Crippen LogP contribution in [0.25, 0.3) is 0 Å². The molecule has 1 N–H and O–H groups in total. The predicted octanol–water partition coefficient (Wildman–Crippen LogP) is 2.12. The molecule has 3 rings (SSSR count). The van der Waals surface area contributed by atoms with Gasteiger partial charge in [-0.2, -0.15) is 0 Å². The summed E-state index contributed by atoms with van der Waals surface area (Å²) in [5, 5.41) is 2.94. The highest BCUT2D eigenvalue weighted by atomic mass is 35.5. The summed E-state index contributed by atoms with van der Waals surface area (Å²) in [5.74, 6) is 0. The lowest BCUT2D eigenvalue weighted by molar-refractivity contribution is 0.497. The highest BCUT2D eigenvalue weighted by molar-refractivity contribution is 7.92. The third-order valence-corrected chi connectivity index (χ3v) is 6.28. The quantitative estimate of drug-likeness (QED) is 0.910. The molecular weight excluding hydrogens is 282 g/mol. The zero-order valence-electron chi connectivity index (χ0n) is 10.9. The minimum Gasteiger partial charge on any atom is -0.315 e. The molecule has 5 heteroatoms. The van der Waals surface area contributed by atoms with Crippen molar-refractivity contribution in [2.45, 2.75) is 42.2 Å². The molecule has 0 radical (unpaired) electrons. The Balaban J connectivity index is 0.00000133. The zero-order chi connectivity index (χ0) is 12.6. The van der Waals surface area contributed by atoms with Crippen LogP contribution in [-0.2, 0) is 22.7 Å². The smallest absolute Gasteiger partial charge is 0.182 e. The fourth-order valence-electron chi connectivity index (χ4n) is 3.00. The van der Waals surface area contributed by atoms with E-state index in [1.165, 1.54) is 11.1 Å². The number of rotatable bonds is 2. The lowest BCUT2D eigenvalue weighted by Gasteiger charge is -2.23. The Labute approximate surface area is 121 Å². The SMILES string of the molecule is Cl.O=S(=O)(c1ccc2c(c1)CCC2)C1CCCNC1. The Morgan fingerprint density at radius 2 is 1.89 bits per heavy atom. The Hall–Kier alpha value is -0.580. The molecule has 1 aliphatic carbocycles. The lowest BCUT2D eigenvalue weighted by atomic mass is 10.1. The summed E-state index contributed by atoms with van der Waals surface area (Å²) in [6, 6.07) is 5.71. The van der Waals surface area contributed by atoms with Gasteiger partial charge in [0, 0.05) is 6.54 Å². The molecule has 2 aliphatic rings. The van der Waals surface area contributed by atoms with E-state index in [-0.39, 0.29) is 17.7 Å². The Kier molecular flexibility index (Phi) is 4.54. The number of hydrogen-bond donors (Lipinski definition) is 1. The summed E-state index contributed by atoms with van der Waals surface area (Å²) in [4.78, 5) is 0.525. The zero-order valence-corrected chi connectivity index (χ0v) is 12.5. The largest absolute Gasteiger partial charge is 0.315 e. The van der Waals surface area contributed by atoms with Crippen LogP contribution in [0.4, 0.5) is 0 Å². The van der Waals surface area contributed by atoms with E-state index in [0.29, 0.717) is 11.4 Å². The normalized spacial score (nSPS) is 22.6. The third-order valence-electron chi connectivity index (χ3n) is 4.09. The second-order valence-corrected chi connectivity index (χ2v) is 7.53. The molecule has 0 bridgehead atoms. The van der Waals surface area contributed by atoms with Crippen molar-refractivity contribution in [3.8, 4) is 0 Å². The van der Waals surface area contributed by atoms with Gasteiger partial charge in [0.25, 0.3) is 0 Å². The average molecular weight is 302 g/mol. The van der Waals surface area contributed by atoms with Crippen molar-refractivity contribution >= 4 is 22.2 Å². The summed E-state index contributed by atoms with van der Waals surface area (Å²) in [6.07, 6.45) is 5.02. The van der Waals surface area contributed by atoms with Crippen LogP contribution in [0.15, 0.2) is 23.1 Å². The topological polar surface area (TPSA) is 46.2 Å². The standard InChI is InChI=1S/C14H19NO2S.ClH/c16-18(17,14-5-2-8-15-10-14)13-7-6-11-3-1-4-12(11)9-13;/h6-7,9,14-15H,1-5,8,10H2;1H. The number of piperidine rings is 1. The van der Waals surface area contributed by atoms with Gasteiger partial charge in [0.1, 0.15) is 0 Å². The third kappa shape index (κ3) is 2.81. The van der Waals surface area contributed by atoms with Crippen LogP contribution in [0, 0.1) is 0 Å². The van der Waals surface area contributed by atoms with E-state index in [9.17, 15) is 8.42 Å². The summed E-state index contributed by atoms with van der Waals surface area (Å²) in [5.41, 5.74) is 2.57. The van der Waals surface area contributed by atoms with Crippen molar-refractivity contribution in [1.82, 2.24) is 5.32 Å². The van der Waals surface area contributed by atoms with Gasteiger partial charge in [0.2, 0.25) is 0 Å². The first-order chi connectivity index (χ1) is 8.68. The molecule has 0 amide bonds. The van der Waals surface area contributed by atoms with Crippen LogP contribution in [0.2, 0.25) is 0 Å². The minimum atomic E-state index is -3.15. The second kappa shape index (κ2) is 5.81. The second-order valence-electron chi connectivity index (χ2n) is 5.30. The highest BCUT2D eigenvalue weighted by Crippen LogP contribution is 2.27. The molecule has 1 heterocycles. The fraction of sp³-hybridized carbons (Fsp3) is 0.571. The van der Waals surface area contributed by atoms with Crippen molar-refractivity contribution in [1.29, 1.82) is 0 Å². The molecule has 0 saturated carbocycles. The van der Waals surface area contributed by atoms with Gasteiger partial charge in [0.15, 0.2) is 9.84 Å². The number of sulfone groups is 1. The van der Waals surface area contributed by atoms with Gasteiger partial charge in [-0.15, -0.1) is 12.4 Å². The molecule has 106 valence electrons. The number of aryl methyl sites for hydroxylation is 2. The number of benzene rings is 1. The maximum absolute atomic E-state index is 12.5. The van der Waals surface area contributed by atoms with Crippen molar-refractivity contribution in [3.05, 3.63) is 29.3 Å². The van der Waals surface area contributed by atoms with Crippen LogP contribution in [-0.4, -0.2) is 26.8 Å².